The Morgan fingerprint density at radius 2 is 1.01 bits per heavy atom. The van der Waals surface area contributed by atoms with Crippen LogP contribution >= 0.6 is 0 Å². The van der Waals surface area contributed by atoms with Gasteiger partial charge in [0.1, 0.15) is 48.3 Å². The molecule has 0 fully saturated rings. The number of aliphatic hydroxyl groups excluding tert-OH is 1. The van der Waals surface area contributed by atoms with Gasteiger partial charge in [0.25, 0.3) is 5.91 Å². The molecule has 460 valence electrons. The van der Waals surface area contributed by atoms with Gasteiger partial charge in [0, 0.05) is 45.6 Å². The lowest BCUT2D eigenvalue weighted by Gasteiger charge is -2.33. The molecule has 2 aromatic rings. The molecule has 0 saturated heterocycles. The van der Waals surface area contributed by atoms with E-state index >= 15 is 0 Å². The van der Waals surface area contributed by atoms with Gasteiger partial charge in [-0.15, -0.1) is 0 Å². The van der Waals surface area contributed by atoms with Crippen LogP contribution in [0.2, 0.25) is 0 Å². The van der Waals surface area contributed by atoms with Crippen molar-refractivity contribution in [2.24, 2.45) is 44.4 Å². The monoisotopic (exact) mass is 1180 g/mol. The van der Waals surface area contributed by atoms with Crippen LogP contribution in [0.4, 0.5) is 0 Å². The second kappa shape index (κ2) is 33.8. The first kappa shape index (κ1) is 66.6. The second-order valence-corrected chi connectivity index (χ2v) is 20.4. The Labute approximate surface area is 491 Å². The normalized spacial score (nSPS) is 18.0. The van der Waals surface area contributed by atoms with E-state index in [1.807, 2.05) is 0 Å². The zero-order valence-corrected chi connectivity index (χ0v) is 47.1. The minimum absolute atomic E-state index is 0.0110. The molecule has 3 aliphatic heterocycles. The lowest BCUT2D eigenvalue weighted by atomic mass is 10.0. The molecule has 3 aliphatic rings. The number of nitrogens with one attached hydrogen (secondary N) is 6. The summed E-state index contributed by atoms with van der Waals surface area (Å²) in [6, 6.07) is 5.51. The van der Waals surface area contributed by atoms with E-state index in [-0.39, 0.29) is 83.2 Å². The van der Waals surface area contributed by atoms with Crippen LogP contribution in [0.25, 0.3) is 0 Å². The van der Waals surface area contributed by atoms with Crippen molar-refractivity contribution in [3.63, 3.8) is 0 Å². The number of amides is 9. The predicted molar refractivity (Wildman–Crippen MR) is 312 cm³/mol. The van der Waals surface area contributed by atoms with Crippen LogP contribution in [0.5, 0.6) is 0 Å². The van der Waals surface area contributed by atoms with Crippen molar-refractivity contribution < 1.29 is 58.2 Å². The number of nitrogens with zero attached hydrogens (tertiary/aromatic N) is 5. The zero-order chi connectivity index (χ0) is 62.0. The SMILES string of the molecule is NCCCC[C@H](N)C(=O)N[C@@H](CCCN=C(N)N)C(=O)N1CC=C[C@H]1C(=O)N1CC=C[C@H]1C(=O)NCC(=O)N[C@@H](Cc1ccccc1)C(=O)N[C@@H](CO)C(=O)N1CC=C[C@H]1C(=O)N[C@@H](Cc1ccccc1)C(=O)N[C@@H](CCCN=C(N)N)C(=O)O. The molecule has 9 amide bonds. The summed E-state index contributed by atoms with van der Waals surface area (Å²) in [6.07, 6.45) is 11.0. The molecule has 0 saturated carbocycles. The molecule has 0 unspecified atom stereocenters. The van der Waals surface area contributed by atoms with Crippen molar-refractivity contribution in [1.29, 1.82) is 0 Å². The number of nitrogens with two attached hydrogens (primary N) is 6. The molecule has 20 N–H and O–H groups in total. The topological polar surface area (TPSA) is 474 Å². The quantitative estimate of drug-likeness (QED) is 0.0138. The van der Waals surface area contributed by atoms with Gasteiger partial charge in [-0.25, -0.2) is 4.79 Å². The van der Waals surface area contributed by atoms with Crippen molar-refractivity contribution in [2.45, 2.75) is 112 Å². The third-order valence-electron chi connectivity index (χ3n) is 14.0. The zero-order valence-electron chi connectivity index (χ0n) is 47.1. The third-order valence-corrected chi connectivity index (χ3v) is 14.0. The van der Waals surface area contributed by atoms with Crippen LogP contribution in [0.1, 0.15) is 56.1 Å². The number of carboxylic acid groups (broad SMARTS) is 1. The van der Waals surface area contributed by atoms with Gasteiger partial charge in [-0.3, -0.25) is 53.1 Å². The van der Waals surface area contributed by atoms with E-state index in [1.165, 1.54) is 34.1 Å². The number of carbonyl (C=O) groups is 10. The number of rotatable bonds is 33. The van der Waals surface area contributed by atoms with Crippen LogP contribution in [-0.4, -0.2) is 203 Å². The summed E-state index contributed by atoms with van der Waals surface area (Å²) in [4.78, 5) is 149. The maximum Gasteiger partial charge on any atom is 0.326 e. The molecule has 5 rings (SSSR count). The molecule has 0 bridgehead atoms. The summed E-state index contributed by atoms with van der Waals surface area (Å²) in [5.74, 6) is -8.56. The van der Waals surface area contributed by atoms with E-state index in [4.69, 9.17) is 34.4 Å². The fraction of sp³-hybridized carbons (Fsp3) is 0.464. The molecular weight excluding hydrogens is 1100 g/mol. The van der Waals surface area contributed by atoms with Crippen molar-refractivity contribution in [1.82, 2.24) is 46.6 Å². The lowest BCUT2D eigenvalue weighted by molar-refractivity contribution is -0.146. The maximum absolute atomic E-state index is 14.2. The van der Waals surface area contributed by atoms with Crippen LogP contribution in [0.3, 0.4) is 0 Å². The smallest absolute Gasteiger partial charge is 0.326 e. The first-order valence-corrected chi connectivity index (χ1v) is 27.9. The number of aliphatic imine (C=N–C) groups is 2. The fourth-order valence-corrected chi connectivity index (χ4v) is 9.55. The Morgan fingerprint density at radius 1 is 0.541 bits per heavy atom. The number of hydrogen-bond donors (Lipinski definition) is 14. The summed E-state index contributed by atoms with van der Waals surface area (Å²) in [6.45, 7) is -1.13. The van der Waals surface area contributed by atoms with Crippen LogP contribution < -0.4 is 66.3 Å². The molecule has 29 heteroatoms. The summed E-state index contributed by atoms with van der Waals surface area (Å²) in [5.41, 5.74) is 34.6. The van der Waals surface area contributed by atoms with Gasteiger partial charge < -0.3 is 91.2 Å². The van der Waals surface area contributed by atoms with Gasteiger partial charge in [0.05, 0.1) is 19.2 Å². The number of aliphatic hydroxyl groups is 1. The highest BCUT2D eigenvalue weighted by atomic mass is 16.4. The maximum atomic E-state index is 14.2. The van der Waals surface area contributed by atoms with Gasteiger partial charge >= 0.3 is 5.97 Å². The standard InChI is InChI=1S/C56H79N17O12/c57-24-8-7-18-36(58)46(76)67-37(19-9-25-63-55(59)60)51(81)73-29-13-23-44(73)53(83)72-28-11-21-42(72)49(79)65-32-45(75)66-39(30-34-14-3-1-4-15-34)47(77)70-41(33-74)52(82)71-27-12-22-43(71)50(80)69-40(31-35-16-5-2-6-17-35)48(78)68-38(54(84)85)20-10-26-64-56(61)62/h1-6,11-17,21-23,36-44,74H,7-10,18-20,24-33,57-58H2,(H,65,79)(H,66,75)(H,67,76)(H,68,78)(H,69,80)(H,70,77)(H,84,85)(H4,59,60,63)(H4,61,62,64)/t36-,37-,38-,39-,40-,41-,42-,43-,44-/m0/s1. The van der Waals surface area contributed by atoms with E-state index in [2.05, 4.69) is 41.9 Å². The average molecular weight is 1180 g/mol. The number of carbonyl (C=O) groups excluding carboxylic acids is 9. The van der Waals surface area contributed by atoms with E-state index < -0.39 is 127 Å². The minimum atomic E-state index is -1.66. The number of benzene rings is 2. The Morgan fingerprint density at radius 3 is 1.54 bits per heavy atom. The Hall–Kier alpha value is -9.22. The Balaban J connectivity index is 1.23. The minimum Gasteiger partial charge on any atom is -0.480 e. The lowest BCUT2D eigenvalue weighted by Crippen LogP contribution is -2.60. The highest BCUT2D eigenvalue weighted by Gasteiger charge is 2.42. The van der Waals surface area contributed by atoms with Gasteiger partial charge in [0.2, 0.25) is 47.3 Å². The molecule has 0 aliphatic carbocycles. The second-order valence-electron chi connectivity index (χ2n) is 20.4. The van der Waals surface area contributed by atoms with Crippen LogP contribution in [0.15, 0.2) is 107 Å². The summed E-state index contributed by atoms with van der Waals surface area (Å²) < 4.78 is 0. The van der Waals surface area contributed by atoms with Gasteiger partial charge in [-0.05, 0) is 56.2 Å². The number of guanidine groups is 2. The highest BCUT2D eigenvalue weighted by Crippen LogP contribution is 2.21. The van der Waals surface area contributed by atoms with E-state index in [0.717, 1.165) is 4.90 Å². The van der Waals surface area contributed by atoms with Crippen molar-refractivity contribution >= 4 is 71.1 Å². The average Bonchev–Trinajstić information content (AvgIpc) is 2.84. The molecular formula is C56H79N17O12. The van der Waals surface area contributed by atoms with Crippen molar-refractivity contribution in [3.05, 3.63) is 108 Å². The van der Waals surface area contributed by atoms with Crippen molar-refractivity contribution in [3.8, 4) is 0 Å². The largest absolute Gasteiger partial charge is 0.480 e. The molecule has 2 aromatic carbocycles. The van der Waals surface area contributed by atoms with E-state index in [9.17, 15) is 58.2 Å². The van der Waals surface area contributed by atoms with Crippen LogP contribution in [-0.2, 0) is 60.8 Å². The summed E-state index contributed by atoms with van der Waals surface area (Å²) in [5, 5.41) is 35.8. The van der Waals surface area contributed by atoms with E-state index in [0.29, 0.717) is 36.9 Å². The highest BCUT2D eigenvalue weighted by molar-refractivity contribution is 6.00. The number of aliphatic carboxylic acids is 1. The van der Waals surface area contributed by atoms with Gasteiger partial charge in [0.15, 0.2) is 11.9 Å². The first-order valence-electron chi connectivity index (χ1n) is 27.9. The van der Waals surface area contributed by atoms with Crippen LogP contribution in [0, 0.1) is 0 Å². The molecule has 9 atom stereocenters. The molecule has 29 nitrogen and oxygen atoms in total. The number of carboxylic acids is 1. The third kappa shape index (κ3) is 20.6. The number of hydrogen-bond acceptors (Lipinski definition) is 15. The molecule has 3 heterocycles. The van der Waals surface area contributed by atoms with E-state index in [1.54, 1.807) is 72.8 Å². The summed E-state index contributed by atoms with van der Waals surface area (Å²) >= 11 is 0. The fourth-order valence-electron chi connectivity index (χ4n) is 9.55. The van der Waals surface area contributed by atoms with Gasteiger partial charge in [-0.1, -0.05) is 104 Å². The molecule has 85 heavy (non-hydrogen) atoms. The molecule has 0 radical (unpaired) electrons. The number of unbranched alkanes of at least 4 members (excludes halogenated alkanes) is 1. The Kier molecular flexibility index (Phi) is 26.5. The Bertz CT molecular complexity index is 2810. The predicted octanol–water partition coefficient (Wildman–Crippen LogP) is -5.05. The summed E-state index contributed by atoms with van der Waals surface area (Å²) in [7, 11) is 0. The molecule has 0 aromatic heterocycles. The first-order chi connectivity index (χ1) is 40.7. The molecule has 0 spiro atoms. The van der Waals surface area contributed by atoms with Crippen molar-refractivity contribution in [2.75, 3.05) is 52.4 Å². The van der Waals surface area contributed by atoms with Gasteiger partial charge in [-0.2, -0.15) is 0 Å².